The Kier molecular flexibility index (Phi) is 6.29. The van der Waals surface area contributed by atoms with Crippen LogP contribution in [-0.4, -0.2) is 39.2 Å². The maximum Gasteiger partial charge on any atom is 0.390 e. The van der Waals surface area contributed by atoms with Crippen molar-refractivity contribution in [3.8, 4) is 11.4 Å². The average Bonchev–Trinajstić information content (AvgIpc) is 3.25. The predicted molar refractivity (Wildman–Crippen MR) is 131 cm³/mol. The number of aromatic nitrogens is 2. The number of rotatable bonds is 7. The van der Waals surface area contributed by atoms with E-state index in [9.17, 15) is 24.0 Å². The van der Waals surface area contributed by atoms with Crippen LogP contribution in [0.3, 0.4) is 0 Å². The molecule has 1 N–H and O–H groups in total. The van der Waals surface area contributed by atoms with Crippen LogP contribution < -0.4 is 10.9 Å². The molecule has 5 rings (SSSR count). The number of fused-ring (bicyclic) bond motifs is 5. The van der Waals surface area contributed by atoms with Gasteiger partial charge < -0.3 is 24.2 Å². The molecule has 0 aliphatic carbocycles. The molecule has 10 nitrogen and oxygen atoms in total. The molecule has 2 aliphatic heterocycles. The van der Waals surface area contributed by atoms with E-state index in [0.717, 1.165) is 10.9 Å². The van der Waals surface area contributed by atoms with Gasteiger partial charge in [-0.05, 0) is 31.5 Å². The highest BCUT2D eigenvalue weighted by Gasteiger charge is 2.53. The number of amides is 1. The van der Waals surface area contributed by atoms with Crippen LogP contribution in [0.4, 0.5) is 4.39 Å². The number of hydrogen-bond acceptors (Lipinski definition) is 8. The first kappa shape index (κ1) is 25.2. The molecule has 0 radical (unpaired) electrons. The van der Waals surface area contributed by atoms with E-state index in [4.69, 9.17) is 9.47 Å². The average molecular weight is 522 g/mol. The molecular weight excluding hydrogens is 497 g/mol. The minimum absolute atomic E-state index is 0.0239. The quantitative estimate of drug-likeness (QED) is 0.367. The minimum atomic E-state index is -3.41. The molecule has 38 heavy (non-hydrogen) atoms. The molecule has 0 saturated heterocycles. The fraction of sp³-hybridized carbons (Fsp3) is 0.333. The van der Waals surface area contributed by atoms with E-state index >= 15 is 4.39 Å². The lowest BCUT2D eigenvalue weighted by atomic mass is 9.98. The number of benzene rings is 1. The smallest absolute Gasteiger partial charge is 0.390 e. The van der Waals surface area contributed by atoms with Crippen LogP contribution in [0.2, 0.25) is 0 Å². The number of hydrogen-bond donors (Lipinski definition) is 1. The second-order valence-corrected chi connectivity index (χ2v) is 9.32. The largest absolute Gasteiger partial charge is 0.455 e. The number of Topliss-reactive ketones (excluding diaryl/α,β-unsaturated/α-hetero) is 1. The van der Waals surface area contributed by atoms with Gasteiger partial charge in [0.1, 0.15) is 18.4 Å². The van der Waals surface area contributed by atoms with Gasteiger partial charge >= 0.3 is 17.8 Å². The SMILES string of the molecule is CC[C@@H](NC(=O)CCC(C)=O)C(=O)O[C@]1(F)C(=O)OCc2c1cc1n(c2=O)Cc2cc3ccccc3nc2-1. The number of pyridine rings is 2. The summed E-state index contributed by atoms with van der Waals surface area (Å²) in [4.78, 5) is 66.8. The lowest BCUT2D eigenvalue weighted by Gasteiger charge is -2.31. The Morgan fingerprint density at radius 2 is 1.97 bits per heavy atom. The molecule has 196 valence electrons. The van der Waals surface area contributed by atoms with Gasteiger partial charge in [0.25, 0.3) is 5.56 Å². The highest BCUT2D eigenvalue weighted by molar-refractivity contribution is 5.90. The van der Waals surface area contributed by atoms with E-state index in [0.29, 0.717) is 11.2 Å². The minimum Gasteiger partial charge on any atom is -0.455 e. The second kappa shape index (κ2) is 9.47. The zero-order valence-electron chi connectivity index (χ0n) is 20.7. The topological polar surface area (TPSA) is 134 Å². The summed E-state index contributed by atoms with van der Waals surface area (Å²) in [7, 11) is 0. The fourth-order valence-electron chi connectivity index (χ4n) is 4.67. The molecule has 0 unspecified atom stereocenters. The first-order valence-electron chi connectivity index (χ1n) is 12.2. The molecule has 3 aromatic rings. The number of halogens is 1. The number of carbonyl (C=O) groups is 4. The molecule has 0 spiro atoms. The number of esters is 2. The first-order chi connectivity index (χ1) is 18.1. The summed E-state index contributed by atoms with van der Waals surface area (Å²) in [5.41, 5.74) is 0.991. The number of alkyl halides is 1. The number of para-hydroxylation sites is 1. The standard InChI is InChI=1S/C27H24FN3O7/c1-3-19(29-22(33)9-8-14(2)32)25(35)38-27(28)18-11-21-23-16(10-15-6-4-5-7-20(15)30-23)12-31(21)24(34)17(18)13-37-26(27)36/h4-7,10-11,19H,3,8-9,12-13H2,1-2H3,(H,29,33)/t19-,27+/m1/s1. The van der Waals surface area contributed by atoms with Crippen LogP contribution in [0.15, 0.2) is 41.2 Å². The summed E-state index contributed by atoms with van der Waals surface area (Å²) in [5.74, 6) is -6.92. The molecule has 11 heteroatoms. The van der Waals surface area contributed by atoms with E-state index in [-0.39, 0.29) is 42.8 Å². The van der Waals surface area contributed by atoms with Gasteiger partial charge in [-0.3, -0.25) is 9.59 Å². The Morgan fingerprint density at radius 3 is 2.71 bits per heavy atom. The van der Waals surface area contributed by atoms with Crippen molar-refractivity contribution in [1.82, 2.24) is 14.9 Å². The van der Waals surface area contributed by atoms with Crippen molar-refractivity contribution in [2.24, 2.45) is 0 Å². The third-order valence-electron chi connectivity index (χ3n) is 6.70. The Morgan fingerprint density at radius 1 is 1.21 bits per heavy atom. The van der Waals surface area contributed by atoms with Crippen LogP contribution in [0.1, 0.15) is 49.8 Å². The Labute approximate surface area is 215 Å². The summed E-state index contributed by atoms with van der Waals surface area (Å²) in [6.45, 7) is 2.60. The number of nitrogens with one attached hydrogen (secondary N) is 1. The monoisotopic (exact) mass is 521 g/mol. The summed E-state index contributed by atoms with van der Waals surface area (Å²) in [6, 6.07) is 9.29. The highest BCUT2D eigenvalue weighted by Crippen LogP contribution is 2.40. The second-order valence-electron chi connectivity index (χ2n) is 9.32. The molecule has 4 heterocycles. The lowest BCUT2D eigenvalue weighted by Crippen LogP contribution is -2.49. The third-order valence-corrected chi connectivity index (χ3v) is 6.70. The van der Waals surface area contributed by atoms with Gasteiger partial charge in [0.2, 0.25) is 5.91 Å². The van der Waals surface area contributed by atoms with Crippen molar-refractivity contribution in [3.05, 3.63) is 63.4 Å². The van der Waals surface area contributed by atoms with Gasteiger partial charge in [-0.1, -0.05) is 25.1 Å². The third kappa shape index (κ3) is 4.23. The fourth-order valence-corrected chi connectivity index (χ4v) is 4.67. The van der Waals surface area contributed by atoms with Crippen LogP contribution in [-0.2, 0) is 47.7 Å². The van der Waals surface area contributed by atoms with Crippen molar-refractivity contribution in [1.29, 1.82) is 0 Å². The van der Waals surface area contributed by atoms with Gasteiger partial charge in [-0.25, -0.2) is 14.6 Å². The number of carbonyl (C=O) groups excluding carboxylic acids is 4. The Bertz CT molecular complexity index is 1580. The molecular formula is C27H24FN3O7. The Hall–Kier alpha value is -4.41. The van der Waals surface area contributed by atoms with E-state index in [1.165, 1.54) is 17.6 Å². The summed E-state index contributed by atoms with van der Waals surface area (Å²) >= 11 is 0. The Balaban J connectivity index is 1.51. The van der Waals surface area contributed by atoms with Crippen LogP contribution in [0, 0.1) is 0 Å². The molecule has 2 atom stereocenters. The molecule has 0 bridgehead atoms. The van der Waals surface area contributed by atoms with Crippen molar-refractivity contribution >= 4 is 34.5 Å². The zero-order valence-corrected chi connectivity index (χ0v) is 20.7. The molecule has 1 aromatic carbocycles. The van der Waals surface area contributed by atoms with Gasteiger partial charge in [0.05, 0.1) is 34.6 Å². The summed E-state index contributed by atoms with van der Waals surface area (Å²) in [5, 5.41) is 3.27. The van der Waals surface area contributed by atoms with Crippen molar-refractivity contribution in [2.45, 2.75) is 58.2 Å². The molecule has 0 fully saturated rings. The normalized spacial score (nSPS) is 18.1. The molecule has 2 aliphatic rings. The number of cyclic esters (lactones) is 1. The van der Waals surface area contributed by atoms with Gasteiger partial charge in [0, 0.05) is 23.8 Å². The van der Waals surface area contributed by atoms with Crippen LogP contribution in [0.5, 0.6) is 0 Å². The summed E-state index contributed by atoms with van der Waals surface area (Å²) < 4.78 is 27.7. The zero-order chi connectivity index (χ0) is 27.2. The molecule has 0 saturated carbocycles. The molecule has 1 amide bonds. The van der Waals surface area contributed by atoms with E-state index in [1.807, 2.05) is 30.3 Å². The maximum absolute atomic E-state index is 16.3. The van der Waals surface area contributed by atoms with Crippen LogP contribution >= 0.6 is 0 Å². The first-order valence-corrected chi connectivity index (χ1v) is 12.2. The number of ether oxygens (including phenoxy) is 2. The number of nitrogens with zero attached hydrogens (tertiary/aromatic N) is 2. The van der Waals surface area contributed by atoms with Crippen LogP contribution in [0.25, 0.3) is 22.3 Å². The predicted octanol–water partition coefficient (Wildman–Crippen LogP) is 2.41. The number of ketones is 1. The van der Waals surface area contributed by atoms with E-state index in [1.54, 1.807) is 6.92 Å². The van der Waals surface area contributed by atoms with Gasteiger partial charge in [-0.15, -0.1) is 0 Å². The van der Waals surface area contributed by atoms with Gasteiger partial charge in [0.15, 0.2) is 0 Å². The molecule has 2 aromatic heterocycles. The van der Waals surface area contributed by atoms with Crippen molar-refractivity contribution in [3.63, 3.8) is 0 Å². The lowest BCUT2D eigenvalue weighted by molar-refractivity contribution is -0.215. The summed E-state index contributed by atoms with van der Waals surface area (Å²) in [6.07, 6.45) is -0.154. The maximum atomic E-state index is 16.3. The highest BCUT2D eigenvalue weighted by atomic mass is 19.2. The van der Waals surface area contributed by atoms with Crippen molar-refractivity contribution < 1.29 is 33.0 Å². The van der Waals surface area contributed by atoms with Gasteiger partial charge in [-0.2, -0.15) is 4.39 Å². The van der Waals surface area contributed by atoms with E-state index in [2.05, 4.69) is 10.3 Å². The van der Waals surface area contributed by atoms with Crippen molar-refractivity contribution in [2.75, 3.05) is 0 Å². The van der Waals surface area contributed by atoms with E-state index < -0.39 is 47.5 Å².